The molecule has 0 radical (unpaired) electrons. The largest absolute Gasteiger partial charge is 0.431 e. The minimum atomic E-state index is 0.411. The lowest BCUT2D eigenvalue weighted by Gasteiger charge is -2.14. The topological polar surface area (TPSA) is 38.1 Å². The normalized spacial score (nSPS) is 12.7. The number of oxazole rings is 1. The maximum atomic E-state index is 5.73. The van der Waals surface area contributed by atoms with Crippen molar-refractivity contribution >= 4 is 22.9 Å². The van der Waals surface area contributed by atoms with Gasteiger partial charge in [-0.3, -0.25) is 0 Å². The van der Waals surface area contributed by atoms with Crippen LogP contribution in [0.1, 0.15) is 24.9 Å². The van der Waals surface area contributed by atoms with Gasteiger partial charge in [0.15, 0.2) is 5.58 Å². The maximum Gasteiger partial charge on any atom is 0.261 e. The fourth-order valence-electron chi connectivity index (χ4n) is 2.37. The Labute approximate surface area is 128 Å². The number of hydrogen-bond donors (Lipinski definition) is 1. The van der Waals surface area contributed by atoms with Crippen LogP contribution in [0, 0.1) is 0 Å². The van der Waals surface area contributed by atoms with E-state index in [1.807, 2.05) is 31.3 Å². The number of nitrogens with zero attached hydrogens (tertiary/aromatic N) is 1. The number of hydrogen-bond acceptors (Lipinski definition) is 4. The van der Waals surface area contributed by atoms with Gasteiger partial charge in [0.25, 0.3) is 5.22 Å². The molecule has 2 aromatic carbocycles. The third-order valence-corrected chi connectivity index (χ3v) is 4.38. The van der Waals surface area contributed by atoms with Gasteiger partial charge in [0, 0.05) is 10.9 Å². The van der Waals surface area contributed by atoms with E-state index in [1.165, 1.54) is 5.56 Å². The fourth-order valence-corrected chi connectivity index (χ4v) is 3.12. The molecule has 0 fully saturated rings. The Bertz CT molecular complexity index is 684. The Morgan fingerprint density at radius 3 is 2.57 bits per heavy atom. The van der Waals surface area contributed by atoms with Crippen molar-refractivity contribution in [1.29, 1.82) is 0 Å². The molecule has 108 valence electrons. The number of rotatable bonds is 5. The molecule has 1 atom stereocenters. The van der Waals surface area contributed by atoms with E-state index < -0.39 is 0 Å². The van der Waals surface area contributed by atoms with Crippen LogP contribution in [0.4, 0.5) is 0 Å². The molecule has 21 heavy (non-hydrogen) atoms. The van der Waals surface area contributed by atoms with Crippen LogP contribution in [-0.4, -0.2) is 12.0 Å². The van der Waals surface area contributed by atoms with Gasteiger partial charge in [0.05, 0.1) is 0 Å². The Morgan fingerprint density at radius 2 is 1.90 bits per heavy atom. The number of para-hydroxylation sites is 2. The maximum absolute atomic E-state index is 5.73. The molecule has 3 rings (SSSR count). The lowest BCUT2D eigenvalue weighted by molar-refractivity contribution is 0.489. The van der Waals surface area contributed by atoms with E-state index in [9.17, 15) is 0 Å². The second-order valence-electron chi connectivity index (χ2n) is 4.87. The molecule has 3 aromatic rings. The van der Waals surface area contributed by atoms with Crippen molar-refractivity contribution in [2.45, 2.75) is 29.5 Å². The highest BCUT2D eigenvalue weighted by molar-refractivity contribution is 7.99. The van der Waals surface area contributed by atoms with E-state index in [0.29, 0.717) is 11.3 Å². The summed E-state index contributed by atoms with van der Waals surface area (Å²) in [5.41, 5.74) is 3.04. The third-order valence-electron chi connectivity index (χ3n) is 3.52. The number of fused-ring (bicyclic) bond motifs is 1. The summed E-state index contributed by atoms with van der Waals surface area (Å²) in [6.45, 7) is 2.18. The summed E-state index contributed by atoms with van der Waals surface area (Å²) >= 11 is 1.55. The number of aromatic nitrogens is 1. The van der Waals surface area contributed by atoms with Crippen LogP contribution < -0.4 is 5.32 Å². The SMILES string of the molecule is CCC(NC)c1ccc(Sc2nc3ccccc3o2)cc1. The summed E-state index contributed by atoms with van der Waals surface area (Å²) < 4.78 is 5.73. The van der Waals surface area contributed by atoms with E-state index in [1.54, 1.807) is 11.8 Å². The molecular formula is C17H18N2OS. The molecule has 0 saturated heterocycles. The van der Waals surface area contributed by atoms with Crippen LogP contribution in [0.3, 0.4) is 0 Å². The highest BCUT2D eigenvalue weighted by Gasteiger charge is 2.09. The second-order valence-corrected chi connectivity index (χ2v) is 5.89. The van der Waals surface area contributed by atoms with Crippen molar-refractivity contribution < 1.29 is 4.42 Å². The summed E-state index contributed by atoms with van der Waals surface area (Å²) in [6, 6.07) is 16.8. The molecule has 1 unspecified atom stereocenters. The highest BCUT2D eigenvalue weighted by Crippen LogP contribution is 2.30. The number of benzene rings is 2. The molecule has 0 aliphatic carbocycles. The van der Waals surface area contributed by atoms with Gasteiger partial charge < -0.3 is 9.73 Å². The lowest BCUT2D eigenvalue weighted by atomic mass is 10.1. The average Bonchev–Trinajstić information content (AvgIpc) is 2.92. The molecule has 0 spiro atoms. The van der Waals surface area contributed by atoms with E-state index in [2.05, 4.69) is 41.5 Å². The van der Waals surface area contributed by atoms with Crippen molar-refractivity contribution in [1.82, 2.24) is 10.3 Å². The third kappa shape index (κ3) is 3.12. The standard InChI is InChI=1S/C17H18N2OS/c1-3-14(18-2)12-8-10-13(11-9-12)21-17-19-15-6-4-5-7-16(15)20-17/h4-11,14,18H,3H2,1-2H3. The number of nitrogens with one attached hydrogen (secondary N) is 1. The van der Waals surface area contributed by atoms with Gasteiger partial charge in [-0.15, -0.1) is 0 Å². The minimum absolute atomic E-state index is 0.411. The van der Waals surface area contributed by atoms with Crippen LogP contribution >= 0.6 is 11.8 Å². The molecule has 4 heteroatoms. The van der Waals surface area contributed by atoms with Crippen molar-refractivity contribution in [3.05, 3.63) is 54.1 Å². The van der Waals surface area contributed by atoms with Crippen LogP contribution in [0.15, 0.2) is 63.1 Å². The predicted octanol–water partition coefficient (Wildman–Crippen LogP) is 4.65. The first-order chi connectivity index (χ1) is 10.3. The average molecular weight is 298 g/mol. The summed E-state index contributed by atoms with van der Waals surface area (Å²) in [4.78, 5) is 5.62. The molecule has 1 heterocycles. The van der Waals surface area contributed by atoms with Crippen LogP contribution in [-0.2, 0) is 0 Å². The van der Waals surface area contributed by atoms with Crippen LogP contribution in [0.2, 0.25) is 0 Å². The first kappa shape index (κ1) is 14.2. The Morgan fingerprint density at radius 1 is 1.14 bits per heavy atom. The zero-order valence-corrected chi connectivity index (χ0v) is 13.0. The molecule has 0 aliphatic heterocycles. The monoisotopic (exact) mass is 298 g/mol. The van der Waals surface area contributed by atoms with Gasteiger partial charge in [-0.2, -0.15) is 0 Å². The fraction of sp³-hybridized carbons (Fsp3) is 0.235. The van der Waals surface area contributed by atoms with Gasteiger partial charge >= 0.3 is 0 Å². The Hall–Kier alpha value is -1.78. The second kappa shape index (κ2) is 6.33. The van der Waals surface area contributed by atoms with Crippen LogP contribution in [0.5, 0.6) is 0 Å². The summed E-state index contributed by atoms with van der Waals surface area (Å²) in [5.74, 6) is 0. The smallest absolute Gasteiger partial charge is 0.261 e. The minimum Gasteiger partial charge on any atom is -0.431 e. The summed E-state index contributed by atoms with van der Waals surface area (Å²) in [5, 5.41) is 4.00. The lowest BCUT2D eigenvalue weighted by Crippen LogP contribution is -2.14. The highest BCUT2D eigenvalue weighted by atomic mass is 32.2. The Kier molecular flexibility index (Phi) is 4.27. The summed E-state index contributed by atoms with van der Waals surface area (Å²) in [6.07, 6.45) is 1.08. The molecule has 1 aromatic heterocycles. The van der Waals surface area contributed by atoms with Gasteiger partial charge in [0.1, 0.15) is 5.52 Å². The quantitative estimate of drug-likeness (QED) is 0.744. The molecular weight excluding hydrogens is 280 g/mol. The molecule has 0 saturated carbocycles. The molecule has 1 N–H and O–H groups in total. The van der Waals surface area contributed by atoms with Crippen molar-refractivity contribution in [3.8, 4) is 0 Å². The van der Waals surface area contributed by atoms with E-state index in [-0.39, 0.29) is 0 Å². The van der Waals surface area contributed by atoms with E-state index in [0.717, 1.165) is 22.4 Å². The predicted molar refractivity (Wildman–Crippen MR) is 86.7 cm³/mol. The van der Waals surface area contributed by atoms with Crippen molar-refractivity contribution in [2.24, 2.45) is 0 Å². The van der Waals surface area contributed by atoms with Gasteiger partial charge in [-0.25, -0.2) is 4.98 Å². The van der Waals surface area contributed by atoms with Crippen LogP contribution in [0.25, 0.3) is 11.1 Å². The first-order valence-corrected chi connectivity index (χ1v) is 7.92. The molecule has 0 amide bonds. The van der Waals surface area contributed by atoms with Crippen molar-refractivity contribution in [2.75, 3.05) is 7.05 Å². The van der Waals surface area contributed by atoms with Gasteiger partial charge in [-0.05, 0) is 55.1 Å². The van der Waals surface area contributed by atoms with Gasteiger partial charge in [0.2, 0.25) is 0 Å². The van der Waals surface area contributed by atoms with Gasteiger partial charge in [-0.1, -0.05) is 31.2 Å². The zero-order valence-electron chi connectivity index (χ0n) is 12.2. The van der Waals surface area contributed by atoms with Crippen molar-refractivity contribution in [3.63, 3.8) is 0 Å². The molecule has 0 aliphatic rings. The zero-order chi connectivity index (χ0) is 14.7. The molecule has 3 nitrogen and oxygen atoms in total. The van der Waals surface area contributed by atoms with E-state index in [4.69, 9.17) is 4.42 Å². The summed E-state index contributed by atoms with van der Waals surface area (Å²) in [7, 11) is 2.00. The Balaban J connectivity index is 1.78. The van der Waals surface area contributed by atoms with E-state index >= 15 is 0 Å². The first-order valence-electron chi connectivity index (χ1n) is 7.11. The molecule has 0 bridgehead atoms.